The van der Waals surface area contributed by atoms with E-state index in [2.05, 4.69) is 5.32 Å². The first-order chi connectivity index (χ1) is 9.11. The molecule has 0 unspecified atom stereocenters. The third-order valence-electron chi connectivity index (χ3n) is 2.49. The lowest BCUT2D eigenvalue weighted by molar-refractivity contribution is -0.133. The van der Waals surface area contributed by atoms with Gasteiger partial charge in [0.2, 0.25) is 0 Å². The molecule has 6 nitrogen and oxygen atoms in total. The Morgan fingerprint density at radius 3 is 2.65 bits per heavy atom. The molecule has 0 aliphatic carbocycles. The van der Waals surface area contributed by atoms with Gasteiger partial charge in [0.1, 0.15) is 11.7 Å². The maximum atomic E-state index is 11.6. The van der Waals surface area contributed by atoms with Gasteiger partial charge in [0.05, 0.1) is 19.3 Å². The zero-order valence-electron chi connectivity index (χ0n) is 12.8. The second-order valence-corrected chi connectivity index (χ2v) is 6.19. The molecule has 20 heavy (non-hydrogen) atoms. The SMILES string of the molecule is CC(C)(C)OC(=O)N[C@H](/C=C\[C@@H]1COC(C)(C)O1)CO. The van der Waals surface area contributed by atoms with E-state index in [1.165, 1.54) is 0 Å². The Labute approximate surface area is 120 Å². The number of ether oxygens (including phenoxy) is 3. The fourth-order valence-electron chi connectivity index (χ4n) is 1.68. The van der Waals surface area contributed by atoms with Crippen molar-refractivity contribution in [2.24, 2.45) is 0 Å². The molecule has 0 saturated carbocycles. The van der Waals surface area contributed by atoms with E-state index in [4.69, 9.17) is 14.2 Å². The van der Waals surface area contributed by atoms with E-state index < -0.39 is 23.5 Å². The summed E-state index contributed by atoms with van der Waals surface area (Å²) in [7, 11) is 0. The minimum atomic E-state index is -0.595. The molecule has 0 aromatic rings. The van der Waals surface area contributed by atoms with Crippen molar-refractivity contribution in [3.05, 3.63) is 12.2 Å². The number of aliphatic hydroxyl groups is 1. The second-order valence-electron chi connectivity index (χ2n) is 6.19. The first kappa shape index (κ1) is 16.9. The van der Waals surface area contributed by atoms with Gasteiger partial charge >= 0.3 is 6.09 Å². The van der Waals surface area contributed by atoms with Gasteiger partial charge in [-0.3, -0.25) is 0 Å². The van der Waals surface area contributed by atoms with E-state index in [0.717, 1.165) is 0 Å². The number of hydrogen-bond acceptors (Lipinski definition) is 5. The number of carbonyl (C=O) groups excluding carboxylic acids is 1. The smallest absolute Gasteiger partial charge is 0.408 e. The van der Waals surface area contributed by atoms with Crippen LogP contribution in [0.1, 0.15) is 34.6 Å². The summed E-state index contributed by atoms with van der Waals surface area (Å²) in [5.74, 6) is -0.595. The Morgan fingerprint density at radius 1 is 1.55 bits per heavy atom. The van der Waals surface area contributed by atoms with Crippen LogP contribution in [0, 0.1) is 0 Å². The van der Waals surface area contributed by atoms with Crippen LogP contribution in [0.2, 0.25) is 0 Å². The zero-order chi connectivity index (χ0) is 15.4. The second kappa shape index (κ2) is 6.56. The van der Waals surface area contributed by atoms with Gasteiger partial charge in [-0.15, -0.1) is 0 Å². The van der Waals surface area contributed by atoms with Crippen LogP contribution in [-0.2, 0) is 14.2 Å². The molecule has 0 aromatic heterocycles. The normalized spacial score (nSPS) is 23.8. The molecule has 1 fully saturated rings. The summed E-state index contributed by atoms with van der Waals surface area (Å²) >= 11 is 0. The van der Waals surface area contributed by atoms with Crippen molar-refractivity contribution in [3.63, 3.8) is 0 Å². The Bertz CT molecular complexity index is 359. The molecule has 0 aromatic carbocycles. The topological polar surface area (TPSA) is 77.0 Å². The summed E-state index contributed by atoms with van der Waals surface area (Å²) < 4.78 is 16.1. The monoisotopic (exact) mass is 287 g/mol. The van der Waals surface area contributed by atoms with E-state index >= 15 is 0 Å². The first-order valence-electron chi connectivity index (χ1n) is 6.72. The molecule has 1 rings (SSSR count). The van der Waals surface area contributed by atoms with E-state index in [0.29, 0.717) is 6.61 Å². The molecule has 1 heterocycles. The standard InChI is InChI=1S/C14H25NO5/c1-13(2,3)20-12(17)15-10(8-16)6-7-11-9-18-14(4,5)19-11/h6-7,10-11,16H,8-9H2,1-5H3,(H,15,17)/b7-6-/t10-,11-/m1/s1. The molecule has 0 radical (unpaired) electrons. The van der Waals surface area contributed by atoms with Gasteiger partial charge in [-0.05, 0) is 34.6 Å². The maximum Gasteiger partial charge on any atom is 0.408 e. The molecule has 1 aliphatic heterocycles. The van der Waals surface area contributed by atoms with Crippen LogP contribution in [0.4, 0.5) is 4.79 Å². The van der Waals surface area contributed by atoms with E-state index in [1.54, 1.807) is 32.9 Å². The van der Waals surface area contributed by atoms with E-state index in [9.17, 15) is 9.90 Å². The minimum absolute atomic E-state index is 0.181. The molecule has 1 saturated heterocycles. The maximum absolute atomic E-state index is 11.6. The number of hydrogen-bond donors (Lipinski definition) is 2. The van der Waals surface area contributed by atoms with Gasteiger partial charge in [-0.25, -0.2) is 4.79 Å². The molecular weight excluding hydrogens is 262 g/mol. The van der Waals surface area contributed by atoms with Crippen LogP contribution in [0.25, 0.3) is 0 Å². The number of rotatable bonds is 4. The van der Waals surface area contributed by atoms with Crippen LogP contribution in [-0.4, -0.2) is 47.9 Å². The predicted molar refractivity (Wildman–Crippen MR) is 74.3 cm³/mol. The minimum Gasteiger partial charge on any atom is -0.444 e. The quantitative estimate of drug-likeness (QED) is 0.768. The van der Waals surface area contributed by atoms with Crippen molar-refractivity contribution in [3.8, 4) is 0 Å². The highest BCUT2D eigenvalue weighted by molar-refractivity contribution is 5.68. The lowest BCUT2D eigenvalue weighted by Crippen LogP contribution is -2.40. The van der Waals surface area contributed by atoms with Crippen LogP contribution >= 0.6 is 0 Å². The largest absolute Gasteiger partial charge is 0.444 e. The molecule has 2 atom stereocenters. The first-order valence-corrected chi connectivity index (χ1v) is 6.72. The van der Waals surface area contributed by atoms with Crippen molar-refractivity contribution in [1.82, 2.24) is 5.32 Å². The van der Waals surface area contributed by atoms with Crippen LogP contribution in [0.5, 0.6) is 0 Å². The summed E-state index contributed by atoms with van der Waals surface area (Å²) in [6.07, 6.45) is 2.71. The molecule has 1 amide bonds. The van der Waals surface area contributed by atoms with Gasteiger partial charge in [0.25, 0.3) is 0 Å². The average molecular weight is 287 g/mol. The number of amides is 1. The highest BCUT2D eigenvalue weighted by atomic mass is 16.7. The highest BCUT2D eigenvalue weighted by Gasteiger charge is 2.31. The number of carbonyl (C=O) groups is 1. The van der Waals surface area contributed by atoms with Gasteiger partial charge in [0.15, 0.2) is 5.79 Å². The lowest BCUT2D eigenvalue weighted by Gasteiger charge is -2.21. The molecule has 116 valence electrons. The molecule has 1 aliphatic rings. The Hall–Kier alpha value is -1.11. The Morgan fingerprint density at radius 2 is 2.20 bits per heavy atom. The summed E-state index contributed by atoms with van der Waals surface area (Å²) in [6.45, 7) is 9.25. The van der Waals surface area contributed by atoms with E-state index in [-0.39, 0.29) is 12.7 Å². The molecule has 2 N–H and O–H groups in total. The van der Waals surface area contributed by atoms with Gasteiger partial charge in [-0.2, -0.15) is 0 Å². The predicted octanol–water partition coefficient (Wildman–Crippen LogP) is 1.58. The summed E-state index contributed by atoms with van der Waals surface area (Å²) in [5, 5.41) is 11.8. The number of alkyl carbamates (subject to hydrolysis) is 1. The van der Waals surface area contributed by atoms with Crippen LogP contribution < -0.4 is 5.32 Å². The summed E-state index contributed by atoms with van der Waals surface area (Å²) in [5.41, 5.74) is -0.569. The zero-order valence-corrected chi connectivity index (χ0v) is 12.8. The molecule has 0 spiro atoms. The van der Waals surface area contributed by atoms with Gasteiger partial charge < -0.3 is 24.6 Å². The van der Waals surface area contributed by atoms with E-state index in [1.807, 2.05) is 13.8 Å². The lowest BCUT2D eigenvalue weighted by atomic mass is 10.2. The Kier molecular flexibility index (Phi) is 5.56. The Balaban J connectivity index is 2.45. The fraction of sp³-hybridized carbons (Fsp3) is 0.786. The molecule has 6 heteroatoms. The molecular formula is C14H25NO5. The third-order valence-corrected chi connectivity index (χ3v) is 2.49. The number of nitrogens with one attached hydrogen (secondary N) is 1. The van der Waals surface area contributed by atoms with Gasteiger partial charge in [-0.1, -0.05) is 12.2 Å². The van der Waals surface area contributed by atoms with Crippen molar-refractivity contribution >= 4 is 6.09 Å². The number of aliphatic hydroxyl groups excluding tert-OH is 1. The molecule has 0 bridgehead atoms. The fourth-order valence-corrected chi connectivity index (χ4v) is 1.68. The van der Waals surface area contributed by atoms with Crippen LogP contribution in [0.15, 0.2) is 12.2 Å². The van der Waals surface area contributed by atoms with Gasteiger partial charge in [0, 0.05) is 0 Å². The highest BCUT2D eigenvalue weighted by Crippen LogP contribution is 2.22. The average Bonchev–Trinajstić information content (AvgIpc) is 2.61. The van der Waals surface area contributed by atoms with Crippen molar-refractivity contribution in [1.29, 1.82) is 0 Å². The van der Waals surface area contributed by atoms with Crippen LogP contribution in [0.3, 0.4) is 0 Å². The summed E-state index contributed by atoms with van der Waals surface area (Å²) in [4.78, 5) is 11.6. The van der Waals surface area contributed by atoms with Crippen molar-refractivity contribution in [2.45, 2.75) is 58.2 Å². The van der Waals surface area contributed by atoms with Crippen molar-refractivity contribution < 1.29 is 24.1 Å². The summed E-state index contributed by atoms with van der Waals surface area (Å²) in [6, 6.07) is -0.517. The third kappa shape index (κ3) is 6.36. The van der Waals surface area contributed by atoms with Crippen molar-refractivity contribution in [2.75, 3.05) is 13.2 Å².